The first-order valence-electron chi connectivity index (χ1n) is 6.79. The van der Waals surface area contributed by atoms with Crippen molar-refractivity contribution in [2.75, 3.05) is 7.11 Å². The molecule has 3 aromatic rings. The second-order valence-corrected chi connectivity index (χ2v) is 4.95. The Balaban J connectivity index is 2.00. The van der Waals surface area contributed by atoms with Gasteiger partial charge in [0, 0.05) is 7.05 Å². The highest BCUT2D eigenvalue weighted by atomic mass is 16.5. The van der Waals surface area contributed by atoms with Gasteiger partial charge in [0.25, 0.3) is 0 Å². The number of ether oxygens (including phenoxy) is 1. The van der Waals surface area contributed by atoms with Gasteiger partial charge in [-0.05, 0) is 36.8 Å². The first kappa shape index (κ1) is 13.4. The van der Waals surface area contributed by atoms with Crippen LogP contribution in [0.3, 0.4) is 0 Å². The highest BCUT2D eigenvalue weighted by Crippen LogP contribution is 2.28. The molecule has 0 aliphatic rings. The molecule has 3 rings (SSSR count). The van der Waals surface area contributed by atoms with Crippen molar-refractivity contribution in [3.63, 3.8) is 0 Å². The number of hydrogen-bond acceptors (Lipinski definition) is 3. The average Bonchev–Trinajstić information content (AvgIpc) is 2.83. The molecule has 0 N–H and O–H groups in total. The van der Waals surface area contributed by atoms with Crippen molar-refractivity contribution in [2.45, 2.75) is 6.92 Å². The quantitative estimate of drug-likeness (QED) is 0.687. The molecule has 0 radical (unpaired) electrons. The molecule has 21 heavy (non-hydrogen) atoms. The zero-order chi connectivity index (χ0) is 14.8. The number of rotatable bonds is 3. The molecule has 0 aliphatic carbocycles. The van der Waals surface area contributed by atoms with Crippen molar-refractivity contribution < 1.29 is 4.74 Å². The molecule has 0 saturated heterocycles. The smallest absolute Gasteiger partial charge is 0.152 e. The minimum Gasteiger partial charge on any atom is -0.494 e. The summed E-state index contributed by atoms with van der Waals surface area (Å²) in [4.78, 5) is 9.08. The summed E-state index contributed by atoms with van der Waals surface area (Å²) in [6.45, 7) is 2.03. The van der Waals surface area contributed by atoms with Gasteiger partial charge in [-0.1, -0.05) is 18.2 Å². The number of benzene rings is 2. The molecule has 106 valence electrons. The number of methoxy groups -OCH3 is 1. The number of aliphatic imine (C=N–C) groups is 1. The molecule has 0 spiro atoms. The second-order valence-electron chi connectivity index (χ2n) is 4.95. The Morgan fingerprint density at radius 3 is 2.76 bits per heavy atom. The van der Waals surface area contributed by atoms with E-state index in [1.165, 1.54) is 0 Å². The number of aryl methyl sites for hydroxylation is 2. The summed E-state index contributed by atoms with van der Waals surface area (Å²) < 4.78 is 7.39. The molecule has 4 nitrogen and oxygen atoms in total. The second kappa shape index (κ2) is 5.40. The van der Waals surface area contributed by atoms with Crippen LogP contribution in [0.5, 0.6) is 5.75 Å². The van der Waals surface area contributed by atoms with Crippen molar-refractivity contribution in [3.05, 3.63) is 53.9 Å². The van der Waals surface area contributed by atoms with Crippen LogP contribution in [0.1, 0.15) is 11.4 Å². The number of fused-ring (bicyclic) bond motifs is 1. The van der Waals surface area contributed by atoms with E-state index in [2.05, 4.69) is 9.98 Å². The molecular weight excluding hydrogens is 262 g/mol. The predicted molar refractivity (Wildman–Crippen MR) is 85.7 cm³/mol. The van der Waals surface area contributed by atoms with E-state index < -0.39 is 0 Å². The van der Waals surface area contributed by atoms with Crippen LogP contribution < -0.4 is 4.74 Å². The number of aromatic nitrogens is 2. The van der Waals surface area contributed by atoms with Gasteiger partial charge < -0.3 is 9.30 Å². The molecule has 2 aromatic carbocycles. The number of para-hydroxylation sites is 2. The molecule has 0 atom stereocenters. The van der Waals surface area contributed by atoms with E-state index in [1.54, 1.807) is 13.3 Å². The Labute approximate surface area is 123 Å². The van der Waals surface area contributed by atoms with Gasteiger partial charge in [0.1, 0.15) is 11.4 Å². The Kier molecular flexibility index (Phi) is 3.44. The molecule has 0 saturated carbocycles. The first-order chi connectivity index (χ1) is 10.2. The third-order valence-electron chi connectivity index (χ3n) is 3.48. The fourth-order valence-electron chi connectivity index (χ4n) is 2.30. The monoisotopic (exact) mass is 279 g/mol. The summed E-state index contributed by atoms with van der Waals surface area (Å²) in [5, 5.41) is 0. The van der Waals surface area contributed by atoms with E-state index >= 15 is 0 Å². The van der Waals surface area contributed by atoms with Gasteiger partial charge in [-0.2, -0.15) is 0 Å². The van der Waals surface area contributed by atoms with E-state index in [4.69, 9.17) is 4.74 Å². The molecular formula is C17H17N3O. The summed E-state index contributed by atoms with van der Waals surface area (Å²) in [6, 6.07) is 14.0. The molecule has 0 unspecified atom stereocenters. The van der Waals surface area contributed by atoms with Crippen LogP contribution in [-0.2, 0) is 7.05 Å². The molecule has 1 heterocycles. The van der Waals surface area contributed by atoms with Crippen LogP contribution >= 0.6 is 0 Å². The fraction of sp³-hybridized carbons (Fsp3) is 0.176. The van der Waals surface area contributed by atoms with Gasteiger partial charge in [-0.3, -0.25) is 0 Å². The third-order valence-corrected chi connectivity index (χ3v) is 3.48. The topological polar surface area (TPSA) is 39.4 Å². The minimum absolute atomic E-state index is 0.769. The maximum atomic E-state index is 5.36. The molecule has 0 aliphatic heterocycles. The van der Waals surface area contributed by atoms with Crippen LogP contribution in [0, 0.1) is 6.92 Å². The van der Waals surface area contributed by atoms with E-state index in [9.17, 15) is 0 Å². The summed E-state index contributed by atoms with van der Waals surface area (Å²) in [6.07, 6.45) is 1.77. The van der Waals surface area contributed by atoms with Gasteiger partial charge in [0.2, 0.25) is 0 Å². The molecule has 0 fully saturated rings. The van der Waals surface area contributed by atoms with Gasteiger partial charge in [0.15, 0.2) is 5.82 Å². The van der Waals surface area contributed by atoms with Crippen molar-refractivity contribution in [2.24, 2.45) is 12.0 Å². The molecule has 0 amide bonds. The summed E-state index contributed by atoms with van der Waals surface area (Å²) >= 11 is 0. The largest absolute Gasteiger partial charge is 0.494 e. The maximum Gasteiger partial charge on any atom is 0.152 e. The zero-order valence-corrected chi connectivity index (χ0v) is 12.4. The minimum atomic E-state index is 0.769. The normalized spacial score (nSPS) is 11.4. The average molecular weight is 279 g/mol. The summed E-state index contributed by atoms with van der Waals surface area (Å²) in [5.74, 6) is 1.59. The lowest BCUT2D eigenvalue weighted by atomic mass is 10.2. The molecule has 1 aromatic heterocycles. The summed E-state index contributed by atoms with van der Waals surface area (Å²) in [7, 11) is 3.64. The maximum absolute atomic E-state index is 5.36. The lowest BCUT2D eigenvalue weighted by Gasteiger charge is -2.04. The van der Waals surface area contributed by atoms with E-state index in [1.807, 2.05) is 61.0 Å². The van der Waals surface area contributed by atoms with E-state index in [-0.39, 0.29) is 0 Å². The van der Waals surface area contributed by atoms with E-state index in [0.29, 0.717) is 0 Å². The molecule has 4 heteroatoms. The van der Waals surface area contributed by atoms with Crippen LogP contribution in [0.25, 0.3) is 11.0 Å². The van der Waals surface area contributed by atoms with Crippen molar-refractivity contribution in [3.8, 4) is 5.75 Å². The fourth-order valence-corrected chi connectivity index (χ4v) is 2.30. The number of nitrogens with zero attached hydrogens (tertiary/aromatic N) is 3. The Bertz CT molecular complexity index is 818. The zero-order valence-electron chi connectivity index (χ0n) is 12.4. The first-order valence-corrected chi connectivity index (χ1v) is 6.79. The van der Waals surface area contributed by atoms with Crippen LogP contribution in [0.2, 0.25) is 0 Å². The summed E-state index contributed by atoms with van der Waals surface area (Å²) in [5.41, 5.74) is 4.01. The van der Waals surface area contributed by atoms with Crippen LogP contribution in [-0.4, -0.2) is 22.9 Å². The third kappa shape index (κ3) is 2.52. The van der Waals surface area contributed by atoms with Crippen molar-refractivity contribution in [1.29, 1.82) is 0 Å². The van der Waals surface area contributed by atoms with Crippen molar-refractivity contribution >= 4 is 22.9 Å². The van der Waals surface area contributed by atoms with Crippen LogP contribution in [0.15, 0.2) is 47.5 Å². The lowest BCUT2D eigenvalue weighted by molar-refractivity contribution is 0.416. The van der Waals surface area contributed by atoms with E-state index in [0.717, 1.165) is 33.9 Å². The Morgan fingerprint density at radius 1 is 1.19 bits per heavy atom. The predicted octanol–water partition coefficient (Wildman–Crippen LogP) is 3.64. The highest BCUT2D eigenvalue weighted by Gasteiger charge is 2.05. The standard InChI is InChI=1S/C17H17N3O/c1-12-8-9-14(16(10-12)21-3)18-11-17-19-13-6-4-5-7-15(13)20(17)2/h4-11H,1-3H3/b18-11+. The lowest BCUT2D eigenvalue weighted by Crippen LogP contribution is -1.95. The van der Waals surface area contributed by atoms with Gasteiger partial charge in [-0.25, -0.2) is 9.98 Å². The van der Waals surface area contributed by atoms with Gasteiger partial charge in [-0.15, -0.1) is 0 Å². The Morgan fingerprint density at radius 2 is 2.00 bits per heavy atom. The van der Waals surface area contributed by atoms with Gasteiger partial charge in [0.05, 0.1) is 24.4 Å². The highest BCUT2D eigenvalue weighted by molar-refractivity contribution is 5.86. The SMILES string of the molecule is COc1cc(C)ccc1/N=C/c1nc2ccccc2n1C. The van der Waals surface area contributed by atoms with Crippen molar-refractivity contribution in [1.82, 2.24) is 9.55 Å². The number of imidazole rings is 1. The van der Waals surface area contributed by atoms with Gasteiger partial charge >= 0.3 is 0 Å². The van der Waals surface area contributed by atoms with Crippen LogP contribution in [0.4, 0.5) is 5.69 Å². The number of hydrogen-bond donors (Lipinski definition) is 0. The Hall–Kier alpha value is -2.62. The molecule has 0 bridgehead atoms.